The smallest absolute Gasteiger partial charge is 0.224 e. The number of nitrogens with zero attached hydrogens (tertiary/aromatic N) is 4. The largest absolute Gasteiger partial charge is 0.497 e. The first-order chi connectivity index (χ1) is 13.0. The Morgan fingerprint density at radius 2 is 1.85 bits per heavy atom. The van der Waals surface area contributed by atoms with E-state index < -0.39 is 0 Å². The maximum absolute atomic E-state index is 11.5. The van der Waals surface area contributed by atoms with Crippen molar-refractivity contribution in [1.82, 2.24) is 14.9 Å². The van der Waals surface area contributed by atoms with E-state index in [-0.39, 0.29) is 5.91 Å². The van der Waals surface area contributed by atoms with E-state index in [0.717, 1.165) is 56.4 Å². The summed E-state index contributed by atoms with van der Waals surface area (Å²) < 4.78 is 5.18. The van der Waals surface area contributed by atoms with Gasteiger partial charge in [0.25, 0.3) is 0 Å². The molecule has 27 heavy (non-hydrogen) atoms. The molecule has 3 rings (SSSR count). The molecule has 0 unspecified atom stereocenters. The van der Waals surface area contributed by atoms with Crippen LogP contribution in [0.5, 0.6) is 5.75 Å². The van der Waals surface area contributed by atoms with Gasteiger partial charge in [-0.15, -0.1) is 0 Å². The summed E-state index contributed by atoms with van der Waals surface area (Å²) >= 11 is 0. The number of hydrogen-bond donors (Lipinski definition) is 1. The molecule has 0 radical (unpaired) electrons. The Morgan fingerprint density at radius 1 is 1.15 bits per heavy atom. The molecule has 1 aromatic heterocycles. The van der Waals surface area contributed by atoms with E-state index in [0.29, 0.717) is 5.95 Å². The van der Waals surface area contributed by atoms with Crippen molar-refractivity contribution in [3.05, 3.63) is 41.6 Å². The van der Waals surface area contributed by atoms with Gasteiger partial charge in [0, 0.05) is 51.4 Å². The van der Waals surface area contributed by atoms with Crippen LogP contribution < -0.4 is 15.0 Å². The number of piperazine rings is 1. The van der Waals surface area contributed by atoms with Crippen LogP contribution in [0.3, 0.4) is 0 Å². The minimum atomic E-state index is 0.134. The highest BCUT2D eigenvalue weighted by Gasteiger charge is 2.20. The van der Waals surface area contributed by atoms with E-state index in [2.05, 4.69) is 32.3 Å². The summed E-state index contributed by atoms with van der Waals surface area (Å²) in [4.78, 5) is 24.7. The summed E-state index contributed by atoms with van der Waals surface area (Å²) in [6, 6.07) is 10.1. The molecule has 7 heteroatoms. The van der Waals surface area contributed by atoms with Crippen LogP contribution in [-0.4, -0.2) is 60.6 Å². The SMILES string of the molecule is COc1ccc(CCNc2nc(C)cc(N3CCN(C(C)=O)CC3)n2)cc1. The van der Waals surface area contributed by atoms with Gasteiger partial charge in [-0.05, 0) is 31.0 Å². The molecule has 1 fully saturated rings. The van der Waals surface area contributed by atoms with Gasteiger partial charge in [0.05, 0.1) is 7.11 Å². The first-order valence-electron chi connectivity index (χ1n) is 9.28. The van der Waals surface area contributed by atoms with E-state index >= 15 is 0 Å². The molecular weight excluding hydrogens is 342 g/mol. The lowest BCUT2D eigenvalue weighted by Gasteiger charge is -2.35. The zero-order chi connectivity index (χ0) is 19.2. The van der Waals surface area contributed by atoms with Gasteiger partial charge < -0.3 is 19.9 Å². The van der Waals surface area contributed by atoms with Crippen molar-refractivity contribution in [2.75, 3.05) is 50.1 Å². The lowest BCUT2D eigenvalue weighted by molar-refractivity contribution is -0.129. The third-order valence-corrected chi connectivity index (χ3v) is 4.75. The summed E-state index contributed by atoms with van der Waals surface area (Å²) in [6.45, 7) is 7.41. The number of amides is 1. The number of carbonyl (C=O) groups excluding carboxylic acids is 1. The fourth-order valence-electron chi connectivity index (χ4n) is 3.15. The molecule has 1 aliphatic rings. The molecule has 1 saturated heterocycles. The summed E-state index contributed by atoms with van der Waals surface area (Å²) in [5, 5.41) is 3.32. The standard InChI is InChI=1S/C20H27N5O2/c1-15-14-19(25-12-10-24(11-13-25)16(2)26)23-20(22-15)21-9-8-17-4-6-18(27-3)7-5-17/h4-7,14H,8-13H2,1-3H3,(H,21,22,23). The highest BCUT2D eigenvalue weighted by Crippen LogP contribution is 2.17. The normalized spacial score (nSPS) is 14.2. The zero-order valence-electron chi connectivity index (χ0n) is 16.2. The van der Waals surface area contributed by atoms with Gasteiger partial charge in [0.2, 0.25) is 11.9 Å². The Balaban J connectivity index is 1.57. The quantitative estimate of drug-likeness (QED) is 0.841. The van der Waals surface area contributed by atoms with Crippen LogP contribution in [0, 0.1) is 6.92 Å². The molecule has 7 nitrogen and oxygen atoms in total. The minimum absolute atomic E-state index is 0.134. The molecule has 0 aliphatic carbocycles. The second-order valence-electron chi connectivity index (χ2n) is 6.71. The van der Waals surface area contributed by atoms with Gasteiger partial charge >= 0.3 is 0 Å². The van der Waals surface area contributed by atoms with Crippen molar-refractivity contribution >= 4 is 17.7 Å². The maximum atomic E-state index is 11.5. The van der Waals surface area contributed by atoms with E-state index in [1.807, 2.05) is 30.0 Å². The Labute approximate surface area is 160 Å². The molecule has 2 heterocycles. The number of methoxy groups -OCH3 is 1. The Morgan fingerprint density at radius 3 is 2.48 bits per heavy atom. The van der Waals surface area contributed by atoms with Gasteiger partial charge in [0.1, 0.15) is 11.6 Å². The van der Waals surface area contributed by atoms with Crippen LogP contribution >= 0.6 is 0 Å². The molecule has 1 aromatic carbocycles. The van der Waals surface area contributed by atoms with Crippen molar-refractivity contribution in [1.29, 1.82) is 0 Å². The maximum Gasteiger partial charge on any atom is 0.224 e. The molecule has 0 bridgehead atoms. The molecule has 144 valence electrons. The number of hydrogen-bond acceptors (Lipinski definition) is 6. The molecule has 0 atom stereocenters. The fraction of sp³-hybridized carbons (Fsp3) is 0.450. The van der Waals surface area contributed by atoms with Gasteiger partial charge in [-0.25, -0.2) is 4.98 Å². The Bertz CT molecular complexity index is 770. The highest BCUT2D eigenvalue weighted by molar-refractivity contribution is 5.73. The number of rotatable bonds is 6. The molecule has 1 aliphatic heterocycles. The second-order valence-corrected chi connectivity index (χ2v) is 6.71. The predicted octanol–water partition coefficient (Wildman–Crippen LogP) is 2.12. The molecule has 0 spiro atoms. The first-order valence-corrected chi connectivity index (χ1v) is 9.28. The fourth-order valence-corrected chi connectivity index (χ4v) is 3.15. The van der Waals surface area contributed by atoms with Crippen molar-refractivity contribution in [2.24, 2.45) is 0 Å². The van der Waals surface area contributed by atoms with Crippen LogP contribution in [0.4, 0.5) is 11.8 Å². The lowest BCUT2D eigenvalue weighted by atomic mass is 10.1. The number of ether oxygens (including phenoxy) is 1. The monoisotopic (exact) mass is 369 g/mol. The van der Waals surface area contributed by atoms with Crippen molar-refractivity contribution in [3.63, 3.8) is 0 Å². The van der Waals surface area contributed by atoms with Crippen LogP contribution in [0.2, 0.25) is 0 Å². The number of aromatic nitrogens is 2. The number of benzene rings is 1. The van der Waals surface area contributed by atoms with E-state index in [9.17, 15) is 4.79 Å². The zero-order valence-corrected chi connectivity index (χ0v) is 16.2. The van der Waals surface area contributed by atoms with Crippen LogP contribution in [0.15, 0.2) is 30.3 Å². The average Bonchev–Trinajstić information content (AvgIpc) is 2.68. The van der Waals surface area contributed by atoms with Crippen molar-refractivity contribution in [3.8, 4) is 5.75 Å². The third kappa shape index (κ3) is 5.09. The summed E-state index contributed by atoms with van der Waals surface area (Å²) in [6.07, 6.45) is 0.883. The first kappa shape index (κ1) is 18.9. The highest BCUT2D eigenvalue weighted by atomic mass is 16.5. The van der Waals surface area contributed by atoms with E-state index in [1.54, 1.807) is 14.0 Å². The number of aryl methyl sites for hydroxylation is 1. The van der Waals surface area contributed by atoms with Crippen LogP contribution in [0.1, 0.15) is 18.2 Å². The summed E-state index contributed by atoms with van der Waals surface area (Å²) in [5.74, 6) is 2.56. The Kier molecular flexibility index (Phi) is 6.11. The molecule has 1 amide bonds. The minimum Gasteiger partial charge on any atom is -0.497 e. The average molecular weight is 369 g/mol. The van der Waals surface area contributed by atoms with Gasteiger partial charge in [-0.2, -0.15) is 4.98 Å². The lowest BCUT2D eigenvalue weighted by Crippen LogP contribution is -2.48. The van der Waals surface area contributed by atoms with E-state index in [1.165, 1.54) is 5.56 Å². The summed E-state index contributed by atoms with van der Waals surface area (Å²) in [7, 11) is 1.67. The number of anilines is 2. The van der Waals surface area contributed by atoms with E-state index in [4.69, 9.17) is 4.74 Å². The van der Waals surface area contributed by atoms with Gasteiger partial charge in [-0.1, -0.05) is 12.1 Å². The predicted molar refractivity (Wildman–Crippen MR) is 106 cm³/mol. The topological polar surface area (TPSA) is 70.6 Å². The molecule has 0 saturated carbocycles. The second kappa shape index (κ2) is 8.70. The van der Waals surface area contributed by atoms with Gasteiger partial charge in [0.15, 0.2) is 0 Å². The third-order valence-electron chi connectivity index (χ3n) is 4.75. The van der Waals surface area contributed by atoms with Crippen LogP contribution in [0.25, 0.3) is 0 Å². The van der Waals surface area contributed by atoms with Crippen LogP contribution in [-0.2, 0) is 11.2 Å². The van der Waals surface area contributed by atoms with Gasteiger partial charge in [-0.3, -0.25) is 4.79 Å². The molecule has 2 aromatic rings. The van der Waals surface area contributed by atoms with Crippen molar-refractivity contribution < 1.29 is 9.53 Å². The van der Waals surface area contributed by atoms with Crippen molar-refractivity contribution in [2.45, 2.75) is 20.3 Å². The summed E-state index contributed by atoms with van der Waals surface area (Å²) in [5.41, 5.74) is 2.16. The molecule has 1 N–H and O–H groups in total. The number of carbonyl (C=O) groups is 1. The molecular formula is C20H27N5O2. The number of nitrogens with one attached hydrogen (secondary N) is 1. The Hall–Kier alpha value is -2.83.